The van der Waals surface area contributed by atoms with Gasteiger partial charge in [0, 0.05) is 11.1 Å². The zero-order valence-electron chi connectivity index (χ0n) is 17.9. The summed E-state index contributed by atoms with van der Waals surface area (Å²) in [5.41, 5.74) is 0.920. The summed E-state index contributed by atoms with van der Waals surface area (Å²) in [4.78, 5) is 25.2. The van der Waals surface area contributed by atoms with Crippen LogP contribution < -0.4 is 5.32 Å². The number of nitrogens with one attached hydrogen (secondary N) is 1. The summed E-state index contributed by atoms with van der Waals surface area (Å²) in [5, 5.41) is 23.3. The van der Waals surface area contributed by atoms with Gasteiger partial charge in [-0.2, -0.15) is 0 Å². The summed E-state index contributed by atoms with van der Waals surface area (Å²) < 4.78 is 1.99. The van der Waals surface area contributed by atoms with Crippen molar-refractivity contribution in [3.63, 3.8) is 0 Å². The van der Waals surface area contributed by atoms with Crippen LogP contribution in [0.5, 0.6) is 0 Å². The van der Waals surface area contributed by atoms with E-state index in [9.17, 15) is 14.9 Å². The van der Waals surface area contributed by atoms with E-state index in [2.05, 4.69) is 15.5 Å². The minimum Gasteiger partial charge on any atom is -0.320 e. The Balaban J connectivity index is 1.78. The molecule has 0 aliphatic rings. The molecule has 0 spiro atoms. The number of carbonyl (C=O) groups is 1. The molecule has 3 rings (SSSR count). The molecule has 168 valence electrons. The molecule has 1 heterocycles. The molecule has 32 heavy (non-hydrogen) atoms. The molecule has 1 aromatic heterocycles. The van der Waals surface area contributed by atoms with Gasteiger partial charge in [-0.1, -0.05) is 53.7 Å². The number of anilines is 1. The minimum absolute atomic E-state index is 0.00688. The first-order valence-corrected chi connectivity index (χ1v) is 11.1. The van der Waals surface area contributed by atoms with E-state index in [0.717, 1.165) is 11.4 Å². The van der Waals surface area contributed by atoms with Crippen molar-refractivity contribution in [1.29, 1.82) is 0 Å². The number of hydrogen-bond donors (Lipinski definition) is 1. The smallest absolute Gasteiger partial charge is 0.292 e. The number of thioether (sulfide) groups is 1. The van der Waals surface area contributed by atoms with Crippen molar-refractivity contribution in [3.05, 3.63) is 75.1 Å². The molecule has 11 heteroatoms. The van der Waals surface area contributed by atoms with Crippen LogP contribution in [0.1, 0.15) is 24.4 Å². The molecule has 1 atom stereocenters. The molecule has 0 radical (unpaired) electrons. The average Bonchev–Trinajstić information content (AvgIpc) is 3.14. The number of nitrogens with zero attached hydrogens (tertiary/aromatic N) is 5. The molecule has 9 nitrogen and oxygen atoms in total. The Kier molecular flexibility index (Phi) is 7.84. The average molecular weight is 475 g/mol. The number of aromatic nitrogens is 3. The third-order valence-electron chi connectivity index (χ3n) is 4.84. The normalized spacial score (nSPS) is 12.0. The van der Waals surface area contributed by atoms with Crippen LogP contribution in [0.25, 0.3) is 0 Å². The SMILES string of the molecule is C[C@H](c1nnc(SCC(=O)Nc2cc(Cl)ccc2[N+](=O)[O-])n1Cc1ccccc1)N(C)C. The highest BCUT2D eigenvalue weighted by Gasteiger charge is 2.21. The molecular formula is C21H23ClN6O3S. The molecule has 0 saturated carbocycles. The van der Waals surface area contributed by atoms with Gasteiger partial charge in [0.05, 0.1) is 23.3 Å². The van der Waals surface area contributed by atoms with Gasteiger partial charge >= 0.3 is 0 Å². The number of amides is 1. The molecule has 1 N–H and O–H groups in total. The van der Waals surface area contributed by atoms with Crippen LogP contribution in [0.15, 0.2) is 53.7 Å². The molecule has 1 amide bonds. The maximum atomic E-state index is 12.5. The van der Waals surface area contributed by atoms with Crippen molar-refractivity contribution in [2.24, 2.45) is 0 Å². The molecule has 0 saturated heterocycles. The van der Waals surface area contributed by atoms with Crippen LogP contribution >= 0.6 is 23.4 Å². The Morgan fingerprint density at radius 1 is 1.25 bits per heavy atom. The predicted molar refractivity (Wildman–Crippen MR) is 125 cm³/mol. The van der Waals surface area contributed by atoms with E-state index in [0.29, 0.717) is 16.7 Å². The van der Waals surface area contributed by atoms with Crippen molar-refractivity contribution < 1.29 is 9.72 Å². The lowest BCUT2D eigenvalue weighted by Gasteiger charge is -2.20. The van der Waals surface area contributed by atoms with E-state index < -0.39 is 10.8 Å². The Morgan fingerprint density at radius 2 is 1.97 bits per heavy atom. The lowest BCUT2D eigenvalue weighted by Crippen LogP contribution is -2.21. The van der Waals surface area contributed by atoms with E-state index in [4.69, 9.17) is 11.6 Å². The standard InChI is InChI=1S/C21H23ClN6O3S/c1-14(26(2)3)20-24-25-21(27(20)12-15-7-5-4-6-8-15)32-13-19(29)23-17-11-16(22)9-10-18(17)28(30)31/h4-11,14H,12-13H2,1-3H3,(H,23,29)/t14-/m1/s1. The number of nitro groups is 1. The summed E-state index contributed by atoms with van der Waals surface area (Å²) in [5.74, 6) is 0.386. The third-order valence-corrected chi connectivity index (χ3v) is 6.04. The summed E-state index contributed by atoms with van der Waals surface area (Å²) >= 11 is 7.15. The topological polar surface area (TPSA) is 106 Å². The number of benzene rings is 2. The zero-order valence-corrected chi connectivity index (χ0v) is 19.4. The summed E-state index contributed by atoms with van der Waals surface area (Å²) in [7, 11) is 3.93. The first-order valence-electron chi connectivity index (χ1n) is 9.76. The number of hydrogen-bond acceptors (Lipinski definition) is 7. The summed E-state index contributed by atoms with van der Waals surface area (Å²) in [6, 6.07) is 14.0. The summed E-state index contributed by atoms with van der Waals surface area (Å²) in [6.07, 6.45) is 0. The number of nitro benzene ring substituents is 1. The Bertz CT molecular complexity index is 1110. The Labute approximate surface area is 194 Å². The Hall–Kier alpha value is -2.95. The molecular weight excluding hydrogens is 452 g/mol. The van der Waals surface area contributed by atoms with E-state index in [1.54, 1.807) is 0 Å². The summed E-state index contributed by atoms with van der Waals surface area (Å²) in [6.45, 7) is 2.59. The highest BCUT2D eigenvalue weighted by molar-refractivity contribution is 7.99. The van der Waals surface area contributed by atoms with Gasteiger partial charge in [0.15, 0.2) is 11.0 Å². The monoisotopic (exact) mass is 474 g/mol. The maximum absolute atomic E-state index is 12.5. The van der Waals surface area contributed by atoms with Crippen molar-refractivity contribution in [3.8, 4) is 0 Å². The second-order valence-corrected chi connectivity index (χ2v) is 8.69. The fourth-order valence-corrected chi connectivity index (χ4v) is 3.86. The van der Waals surface area contributed by atoms with E-state index in [-0.39, 0.29) is 23.2 Å². The van der Waals surface area contributed by atoms with Crippen LogP contribution in [0, 0.1) is 10.1 Å². The van der Waals surface area contributed by atoms with Gasteiger partial charge in [-0.3, -0.25) is 19.8 Å². The van der Waals surface area contributed by atoms with Crippen LogP contribution in [-0.4, -0.2) is 50.3 Å². The fourth-order valence-electron chi connectivity index (χ4n) is 2.95. The van der Waals surface area contributed by atoms with Gasteiger partial charge in [0.1, 0.15) is 5.69 Å². The number of rotatable bonds is 9. The third kappa shape index (κ3) is 5.84. The maximum Gasteiger partial charge on any atom is 0.292 e. The van der Waals surface area contributed by atoms with Gasteiger partial charge in [-0.15, -0.1) is 10.2 Å². The van der Waals surface area contributed by atoms with Crippen LogP contribution in [0.4, 0.5) is 11.4 Å². The zero-order chi connectivity index (χ0) is 23.3. The van der Waals surface area contributed by atoms with Gasteiger partial charge < -0.3 is 9.88 Å². The molecule has 0 bridgehead atoms. The van der Waals surface area contributed by atoms with Gasteiger partial charge in [-0.05, 0) is 38.7 Å². The van der Waals surface area contributed by atoms with E-state index in [1.807, 2.05) is 60.8 Å². The van der Waals surface area contributed by atoms with E-state index >= 15 is 0 Å². The van der Waals surface area contributed by atoms with Crippen molar-refractivity contribution >= 4 is 40.6 Å². The van der Waals surface area contributed by atoms with Crippen molar-refractivity contribution in [2.75, 3.05) is 25.2 Å². The lowest BCUT2D eigenvalue weighted by atomic mass is 10.2. The molecule has 0 fully saturated rings. The Morgan fingerprint density at radius 3 is 2.62 bits per heavy atom. The molecule has 3 aromatic rings. The lowest BCUT2D eigenvalue weighted by molar-refractivity contribution is -0.383. The van der Waals surface area contributed by atoms with Crippen LogP contribution in [0.2, 0.25) is 5.02 Å². The minimum atomic E-state index is -0.565. The number of carbonyl (C=O) groups excluding carboxylic acids is 1. The molecule has 0 unspecified atom stereocenters. The van der Waals surface area contributed by atoms with Gasteiger partial charge in [0.2, 0.25) is 5.91 Å². The van der Waals surface area contributed by atoms with Crippen LogP contribution in [0.3, 0.4) is 0 Å². The molecule has 2 aromatic carbocycles. The molecule has 0 aliphatic carbocycles. The first-order chi connectivity index (χ1) is 15.3. The first kappa shape index (κ1) is 23.7. The van der Waals surface area contributed by atoms with Crippen LogP contribution in [-0.2, 0) is 11.3 Å². The van der Waals surface area contributed by atoms with Gasteiger partial charge in [0.25, 0.3) is 5.69 Å². The van der Waals surface area contributed by atoms with Crippen molar-refractivity contribution in [1.82, 2.24) is 19.7 Å². The second kappa shape index (κ2) is 10.6. The largest absolute Gasteiger partial charge is 0.320 e. The quantitative estimate of drug-likeness (QED) is 0.281. The highest BCUT2D eigenvalue weighted by Crippen LogP contribution is 2.28. The number of halogens is 1. The predicted octanol–water partition coefficient (Wildman–Crippen LogP) is 4.24. The molecule has 0 aliphatic heterocycles. The van der Waals surface area contributed by atoms with Gasteiger partial charge in [-0.25, -0.2) is 0 Å². The fraction of sp³-hybridized carbons (Fsp3) is 0.286. The second-order valence-electron chi connectivity index (χ2n) is 7.31. The highest BCUT2D eigenvalue weighted by atomic mass is 35.5. The van der Waals surface area contributed by atoms with E-state index in [1.165, 1.54) is 30.0 Å². The van der Waals surface area contributed by atoms with Crippen molar-refractivity contribution in [2.45, 2.75) is 24.7 Å².